The molecule has 0 saturated heterocycles. The van der Waals surface area contributed by atoms with Crippen LogP contribution in [0.5, 0.6) is 0 Å². The summed E-state index contributed by atoms with van der Waals surface area (Å²) in [6, 6.07) is 3.39. The van der Waals surface area contributed by atoms with Gasteiger partial charge in [0.05, 0.1) is 10.8 Å². The fourth-order valence-corrected chi connectivity index (χ4v) is 3.20. The Labute approximate surface area is 91.6 Å². The van der Waals surface area contributed by atoms with Gasteiger partial charge in [-0.3, -0.25) is 0 Å². The van der Waals surface area contributed by atoms with Gasteiger partial charge in [0, 0.05) is 0 Å². The molecule has 0 heterocycles. The number of halogens is 1. The number of aromatic carboxylic acids is 1. The molecule has 4 nitrogen and oxygen atoms in total. The first-order valence-electron chi connectivity index (χ1n) is 4.70. The summed E-state index contributed by atoms with van der Waals surface area (Å²) in [6.07, 6.45) is 1.03. The standard InChI is InChI=1S/C10H9FO4S/c11-9-7(10(12)13)2-1-3-8(9)16(14,15)6-4-5-6/h1-3,6H,4-5H2,(H,12,13). The van der Waals surface area contributed by atoms with E-state index in [1.165, 1.54) is 6.07 Å². The van der Waals surface area contributed by atoms with E-state index in [2.05, 4.69) is 0 Å². The van der Waals surface area contributed by atoms with E-state index in [-0.39, 0.29) is 0 Å². The van der Waals surface area contributed by atoms with Crippen molar-refractivity contribution in [2.45, 2.75) is 23.0 Å². The van der Waals surface area contributed by atoms with E-state index in [0.29, 0.717) is 12.8 Å². The summed E-state index contributed by atoms with van der Waals surface area (Å²) < 4.78 is 37.2. The minimum Gasteiger partial charge on any atom is -0.478 e. The number of rotatable bonds is 3. The second kappa shape index (κ2) is 3.55. The van der Waals surface area contributed by atoms with Crippen LogP contribution < -0.4 is 0 Å². The fraction of sp³-hybridized carbons (Fsp3) is 0.300. The molecule has 0 atom stereocenters. The molecule has 2 rings (SSSR count). The summed E-state index contributed by atoms with van der Waals surface area (Å²) in [6.45, 7) is 0. The number of hydrogen-bond donors (Lipinski definition) is 1. The van der Waals surface area contributed by atoms with E-state index in [4.69, 9.17) is 5.11 Å². The van der Waals surface area contributed by atoms with Crippen LogP contribution in [0.3, 0.4) is 0 Å². The molecule has 16 heavy (non-hydrogen) atoms. The maximum absolute atomic E-state index is 13.6. The largest absolute Gasteiger partial charge is 0.478 e. The summed E-state index contributed by atoms with van der Waals surface area (Å²) in [4.78, 5) is 10.1. The number of benzene rings is 1. The van der Waals surface area contributed by atoms with Gasteiger partial charge in [-0.05, 0) is 25.0 Å². The Morgan fingerprint density at radius 3 is 2.50 bits per heavy atom. The Bertz CT molecular complexity index is 546. The van der Waals surface area contributed by atoms with Crippen LogP contribution in [0.4, 0.5) is 4.39 Å². The number of carbonyl (C=O) groups is 1. The SMILES string of the molecule is O=C(O)c1cccc(S(=O)(=O)C2CC2)c1F. The number of sulfone groups is 1. The first kappa shape index (κ1) is 11.1. The van der Waals surface area contributed by atoms with E-state index >= 15 is 0 Å². The van der Waals surface area contributed by atoms with Crippen LogP contribution in [-0.2, 0) is 9.84 Å². The van der Waals surface area contributed by atoms with E-state index < -0.39 is 37.3 Å². The van der Waals surface area contributed by atoms with Crippen LogP contribution in [0.2, 0.25) is 0 Å². The molecule has 0 aliphatic heterocycles. The van der Waals surface area contributed by atoms with Crippen LogP contribution >= 0.6 is 0 Å². The average Bonchev–Trinajstić information content (AvgIpc) is 3.00. The van der Waals surface area contributed by atoms with Gasteiger partial charge >= 0.3 is 5.97 Å². The van der Waals surface area contributed by atoms with Gasteiger partial charge in [0.25, 0.3) is 0 Å². The molecule has 0 unspecified atom stereocenters. The highest BCUT2D eigenvalue weighted by Gasteiger charge is 2.39. The third-order valence-electron chi connectivity index (χ3n) is 2.46. The third kappa shape index (κ3) is 1.69. The van der Waals surface area contributed by atoms with Crippen molar-refractivity contribution in [2.24, 2.45) is 0 Å². The maximum Gasteiger partial charge on any atom is 0.338 e. The molecule has 1 aliphatic carbocycles. The normalized spacial score (nSPS) is 16.1. The molecule has 0 aromatic heterocycles. The zero-order valence-corrected chi connectivity index (χ0v) is 9.00. The van der Waals surface area contributed by atoms with E-state index in [0.717, 1.165) is 12.1 Å². The van der Waals surface area contributed by atoms with Crippen molar-refractivity contribution < 1.29 is 22.7 Å². The molecule has 6 heteroatoms. The van der Waals surface area contributed by atoms with Crippen LogP contribution in [0.15, 0.2) is 23.1 Å². The minimum atomic E-state index is -3.69. The summed E-state index contributed by atoms with van der Waals surface area (Å²) in [5, 5.41) is 8.13. The number of hydrogen-bond acceptors (Lipinski definition) is 3. The van der Waals surface area contributed by atoms with Crippen LogP contribution in [0, 0.1) is 5.82 Å². The van der Waals surface area contributed by atoms with Crippen molar-refractivity contribution in [1.29, 1.82) is 0 Å². The first-order valence-corrected chi connectivity index (χ1v) is 6.25. The predicted molar refractivity (Wildman–Crippen MR) is 53.6 cm³/mol. The summed E-state index contributed by atoms with van der Waals surface area (Å²) >= 11 is 0. The second-order valence-corrected chi connectivity index (χ2v) is 5.86. The smallest absolute Gasteiger partial charge is 0.338 e. The molecule has 1 N–H and O–H groups in total. The highest BCUT2D eigenvalue weighted by Crippen LogP contribution is 2.34. The molecule has 1 aromatic rings. The van der Waals surface area contributed by atoms with E-state index in [1.54, 1.807) is 0 Å². The molecule has 86 valence electrons. The lowest BCUT2D eigenvalue weighted by Crippen LogP contribution is -2.12. The van der Waals surface area contributed by atoms with Crippen molar-refractivity contribution in [3.8, 4) is 0 Å². The molecule has 0 bridgehead atoms. The van der Waals surface area contributed by atoms with Gasteiger partial charge in [-0.2, -0.15) is 0 Å². The van der Waals surface area contributed by atoms with Crippen molar-refractivity contribution >= 4 is 15.8 Å². The van der Waals surface area contributed by atoms with Gasteiger partial charge in [-0.15, -0.1) is 0 Å². The van der Waals surface area contributed by atoms with E-state index in [9.17, 15) is 17.6 Å². The zero-order valence-electron chi connectivity index (χ0n) is 8.18. The quantitative estimate of drug-likeness (QED) is 0.873. The molecular formula is C10H9FO4S. The zero-order chi connectivity index (χ0) is 11.9. The summed E-state index contributed by atoms with van der Waals surface area (Å²) in [5.41, 5.74) is -0.610. The fourth-order valence-electron chi connectivity index (χ4n) is 1.45. The molecule has 1 saturated carbocycles. The molecular weight excluding hydrogens is 235 g/mol. The lowest BCUT2D eigenvalue weighted by molar-refractivity contribution is 0.0691. The molecule has 0 radical (unpaired) electrons. The van der Waals surface area contributed by atoms with Crippen molar-refractivity contribution in [2.75, 3.05) is 0 Å². The minimum absolute atomic E-state index is 0.505. The van der Waals surface area contributed by atoms with Crippen LogP contribution in [0.1, 0.15) is 23.2 Å². The molecule has 1 aromatic carbocycles. The molecule has 1 aliphatic rings. The molecule has 0 spiro atoms. The Morgan fingerprint density at radius 2 is 2.00 bits per heavy atom. The Kier molecular flexibility index (Phi) is 2.46. The highest BCUT2D eigenvalue weighted by atomic mass is 32.2. The van der Waals surface area contributed by atoms with Gasteiger partial charge in [0.15, 0.2) is 15.7 Å². The van der Waals surface area contributed by atoms with Gasteiger partial charge in [0.1, 0.15) is 4.90 Å². The topological polar surface area (TPSA) is 71.4 Å². The van der Waals surface area contributed by atoms with Crippen LogP contribution in [-0.4, -0.2) is 24.7 Å². The predicted octanol–water partition coefficient (Wildman–Crippen LogP) is 1.46. The molecule has 1 fully saturated rings. The van der Waals surface area contributed by atoms with Crippen molar-refractivity contribution in [3.05, 3.63) is 29.6 Å². The Hall–Kier alpha value is -1.43. The molecule has 0 amide bonds. The van der Waals surface area contributed by atoms with Crippen LogP contribution in [0.25, 0.3) is 0 Å². The van der Waals surface area contributed by atoms with Gasteiger partial charge in [-0.1, -0.05) is 6.07 Å². The van der Waals surface area contributed by atoms with Crippen molar-refractivity contribution in [3.63, 3.8) is 0 Å². The number of carboxylic acid groups (broad SMARTS) is 1. The second-order valence-electron chi connectivity index (χ2n) is 3.67. The highest BCUT2D eigenvalue weighted by molar-refractivity contribution is 7.92. The third-order valence-corrected chi connectivity index (χ3v) is 4.74. The van der Waals surface area contributed by atoms with Gasteiger partial charge < -0.3 is 5.11 Å². The van der Waals surface area contributed by atoms with E-state index in [1.807, 2.05) is 0 Å². The van der Waals surface area contributed by atoms with Gasteiger partial charge in [0.2, 0.25) is 0 Å². The number of carboxylic acids is 1. The summed E-state index contributed by atoms with van der Waals surface area (Å²) in [7, 11) is -3.69. The lowest BCUT2D eigenvalue weighted by atomic mass is 10.2. The average molecular weight is 244 g/mol. The monoisotopic (exact) mass is 244 g/mol. The Balaban J connectivity index is 2.58. The first-order chi connectivity index (χ1) is 7.44. The lowest BCUT2D eigenvalue weighted by Gasteiger charge is -2.05. The van der Waals surface area contributed by atoms with Crippen molar-refractivity contribution in [1.82, 2.24) is 0 Å². The maximum atomic E-state index is 13.6. The van der Waals surface area contributed by atoms with Gasteiger partial charge in [-0.25, -0.2) is 17.6 Å². The Morgan fingerprint density at radius 1 is 1.38 bits per heavy atom. The summed E-state index contributed by atoms with van der Waals surface area (Å²) in [5.74, 6) is -2.63.